The van der Waals surface area contributed by atoms with Crippen LogP contribution in [0, 0.1) is 0 Å². The van der Waals surface area contributed by atoms with Crippen molar-refractivity contribution in [1.29, 1.82) is 0 Å². The largest absolute Gasteiger partial charge is 0.451 e. The van der Waals surface area contributed by atoms with Gasteiger partial charge in [0.15, 0.2) is 5.76 Å². The maximum atomic E-state index is 12.5. The molecule has 0 aliphatic rings. The summed E-state index contributed by atoms with van der Waals surface area (Å²) in [5.41, 5.74) is 4.44. The molecule has 0 radical (unpaired) electrons. The van der Waals surface area contributed by atoms with E-state index in [0.717, 1.165) is 27.2 Å². The van der Waals surface area contributed by atoms with Crippen LogP contribution in [0.3, 0.4) is 0 Å². The van der Waals surface area contributed by atoms with Crippen LogP contribution in [0.15, 0.2) is 94.7 Å². The minimum Gasteiger partial charge on any atom is -0.451 e. The number of anilines is 1. The lowest BCUT2D eigenvalue weighted by Gasteiger charge is -2.04. The number of carbonyl (C=O) groups is 1. The Morgan fingerprint density at radius 3 is 2.41 bits per heavy atom. The van der Waals surface area contributed by atoms with Gasteiger partial charge in [-0.2, -0.15) is 0 Å². The minimum absolute atomic E-state index is 0.269. The molecule has 0 fully saturated rings. The van der Waals surface area contributed by atoms with Gasteiger partial charge in [-0.15, -0.1) is 11.3 Å². The highest BCUT2D eigenvalue weighted by atomic mass is 32.1. The molecule has 29 heavy (non-hydrogen) atoms. The second-order valence-corrected chi connectivity index (χ2v) is 7.44. The molecule has 0 unspecified atom stereocenters. The zero-order valence-corrected chi connectivity index (χ0v) is 16.1. The van der Waals surface area contributed by atoms with Gasteiger partial charge in [-0.1, -0.05) is 60.7 Å². The molecule has 2 heterocycles. The molecule has 2 aromatic heterocycles. The Balaban J connectivity index is 1.32. The molecule has 0 bridgehead atoms. The van der Waals surface area contributed by atoms with Gasteiger partial charge in [-0.05, 0) is 24.3 Å². The molecule has 1 N–H and O–H groups in total. The molecule has 0 spiro atoms. The minimum atomic E-state index is -0.269. The van der Waals surface area contributed by atoms with E-state index in [1.54, 1.807) is 17.4 Å². The number of hydrogen-bond acceptors (Lipinski definition) is 4. The van der Waals surface area contributed by atoms with E-state index in [2.05, 4.69) is 17.4 Å². The smallest absolute Gasteiger partial charge is 0.291 e. The third kappa shape index (κ3) is 3.56. The maximum absolute atomic E-state index is 12.5. The first-order valence-corrected chi connectivity index (χ1v) is 10.1. The number of carbonyl (C=O) groups excluding carboxylic acids is 1. The summed E-state index contributed by atoms with van der Waals surface area (Å²) in [4.78, 5) is 17.2. The van der Waals surface area contributed by atoms with E-state index in [0.29, 0.717) is 17.0 Å². The Kier molecular flexibility index (Phi) is 4.42. The topological polar surface area (TPSA) is 55.1 Å². The number of hydrogen-bond donors (Lipinski definition) is 1. The van der Waals surface area contributed by atoms with E-state index in [1.165, 1.54) is 0 Å². The van der Waals surface area contributed by atoms with Crippen LogP contribution in [0.4, 0.5) is 5.69 Å². The molecule has 1 amide bonds. The highest BCUT2D eigenvalue weighted by molar-refractivity contribution is 7.13. The normalized spacial score (nSPS) is 10.9. The number of rotatable bonds is 4. The average molecular weight is 396 g/mol. The van der Waals surface area contributed by atoms with Gasteiger partial charge in [0.05, 0.1) is 5.69 Å². The number of thiazole rings is 1. The molecule has 140 valence electrons. The van der Waals surface area contributed by atoms with Crippen molar-refractivity contribution in [2.24, 2.45) is 0 Å². The number of furan rings is 1. The van der Waals surface area contributed by atoms with Gasteiger partial charge in [0.25, 0.3) is 5.91 Å². The quantitative estimate of drug-likeness (QED) is 0.378. The zero-order valence-electron chi connectivity index (χ0n) is 15.3. The van der Waals surface area contributed by atoms with Crippen molar-refractivity contribution in [3.63, 3.8) is 0 Å². The first-order valence-electron chi connectivity index (χ1n) is 9.17. The fraction of sp³-hybridized carbons (Fsp3) is 0. The molecule has 0 aliphatic heterocycles. The molecule has 0 aliphatic carbocycles. The number of nitrogens with one attached hydrogen (secondary N) is 1. The van der Waals surface area contributed by atoms with Crippen LogP contribution in [-0.4, -0.2) is 10.9 Å². The number of para-hydroxylation sites is 1. The van der Waals surface area contributed by atoms with Gasteiger partial charge in [0.1, 0.15) is 10.6 Å². The van der Waals surface area contributed by atoms with Crippen molar-refractivity contribution in [2.75, 3.05) is 5.32 Å². The van der Waals surface area contributed by atoms with Gasteiger partial charge in [0, 0.05) is 27.6 Å². The molecular formula is C24H16N2O2S. The van der Waals surface area contributed by atoms with Gasteiger partial charge in [0.2, 0.25) is 0 Å². The molecular weight excluding hydrogens is 380 g/mol. The monoisotopic (exact) mass is 396 g/mol. The Hall–Kier alpha value is -3.70. The summed E-state index contributed by atoms with van der Waals surface area (Å²) in [6.45, 7) is 0. The highest BCUT2D eigenvalue weighted by Gasteiger charge is 2.13. The number of amides is 1. The molecule has 5 heteroatoms. The molecule has 3 aromatic carbocycles. The lowest BCUT2D eigenvalue weighted by molar-refractivity contribution is 0.0998. The van der Waals surface area contributed by atoms with E-state index < -0.39 is 0 Å². The standard InChI is InChI=1S/C24H16N2O2S/c27-23(22-14-18-8-4-5-9-21(18)28-22)25-19-12-10-16(11-13-19)20-15-29-24(26-20)17-6-2-1-3-7-17/h1-15H,(H,25,27). The molecule has 4 nitrogen and oxygen atoms in total. The summed E-state index contributed by atoms with van der Waals surface area (Å²) in [6, 6.07) is 27.1. The van der Waals surface area contributed by atoms with Crippen LogP contribution >= 0.6 is 11.3 Å². The van der Waals surface area contributed by atoms with Gasteiger partial charge < -0.3 is 9.73 Å². The summed E-state index contributed by atoms with van der Waals surface area (Å²) in [5, 5.41) is 6.82. The Morgan fingerprint density at radius 2 is 1.62 bits per heavy atom. The van der Waals surface area contributed by atoms with Crippen molar-refractivity contribution >= 4 is 33.9 Å². The van der Waals surface area contributed by atoms with Gasteiger partial charge >= 0.3 is 0 Å². The van der Waals surface area contributed by atoms with Crippen molar-refractivity contribution in [3.05, 3.63) is 96.1 Å². The molecule has 0 saturated heterocycles. The Labute approximate surface area is 171 Å². The molecule has 5 aromatic rings. The Bertz CT molecular complexity index is 1250. The highest BCUT2D eigenvalue weighted by Crippen LogP contribution is 2.29. The van der Waals surface area contributed by atoms with Crippen LogP contribution in [-0.2, 0) is 0 Å². The maximum Gasteiger partial charge on any atom is 0.291 e. The van der Waals surface area contributed by atoms with E-state index in [-0.39, 0.29) is 5.91 Å². The molecule has 0 atom stereocenters. The predicted octanol–water partition coefficient (Wildman–Crippen LogP) is 6.48. The van der Waals surface area contributed by atoms with Crippen LogP contribution in [0.25, 0.3) is 32.8 Å². The van der Waals surface area contributed by atoms with Crippen LogP contribution < -0.4 is 5.32 Å². The van der Waals surface area contributed by atoms with Crippen LogP contribution in [0.2, 0.25) is 0 Å². The number of fused-ring (bicyclic) bond motifs is 1. The second-order valence-electron chi connectivity index (χ2n) is 6.58. The number of aromatic nitrogens is 1. The first-order chi connectivity index (χ1) is 14.3. The van der Waals surface area contributed by atoms with Crippen LogP contribution in [0.5, 0.6) is 0 Å². The third-order valence-corrected chi connectivity index (χ3v) is 5.50. The zero-order chi connectivity index (χ0) is 19.6. The summed E-state index contributed by atoms with van der Waals surface area (Å²) in [6.07, 6.45) is 0. The lowest BCUT2D eigenvalue weighted by Crippen LogP contribution is -2.10. The van der Waals surface area contributed by atoms with E-state index in [9.17, 15) is 4.79 Å². The van der Waals surface area contributed by atoms with Gasteiger partial charge in [-0.25, -0.2) is 4.98 Å². The SMILES string of the molecule is O=C(Nc1ccc(-c2csc(-c3ccccc3)n2)cc1)c1cc2ccccc2o1. The lowest BCUT2D eigenvalue weighted by atomic mass is 10.1. The number of benzene rings is 3. The molecule has 5 rings (SSSR count). The van der Waals surface area contributed by atoms with E-state index in [1.807, 2.05) is 72.1 Å². The molecule has 0 saturated carbocycles. The van der Waals surface area contributed by atoms with Crippen LogP contribution in [0.1, 0.15) is 10.6 Å². The number of nitrogens with zero attached hydrogens (tertiary/aromatic N) is 1. The van der Waals surface area contributed by atoms with Crippen molar-refractivity contribution < 1.29 is 9.21 Å². The first kappa shape index (κ1) is 17.4. The van der Waals surface area contributed by atoms with Crippen molar-refractivity contribution in [2.45, 2.75) is 0 Å². The summed E-state index contributed by atoms with van der Waals surface area (Å²) in [5.74, 6) is 0.0243. The summed E-state index contributed by atoms with van der Waals surface area (Å²) < 4.78 is 5.62. The predicted molar refractivity (Wildman–Crippen MR) is 117 cm³/mol. The summed E-state index contributed by atoms with van der Waals surface area (Å²) >= 11 is 1.62. The second kappa shape index (κ2) is 7.37. The fourth-order valence-corrected chi connectivity index (χ4v) is 3.97. The average Bonchev–Trinajstić information content (AvgIpc) is 3.42. The van der Waals surface area contributed by atoms with E-state index >= 15 is 0 Å². The fourth-order valence-electron chi connectivity index (χ4n) is 3.13. The Morgan fingerprint density at radius 1 is 0.862 bits per heavy atom. The van der Waals surface area contributed by atoms with E-state index in [4.69, 9.17) is 9.40 Å². The van der Waals surface area contributed by atoms with Gasteiger partial charge in [-0.3, -0.25) is 4.79 Å². The third-order valence-electron chi connectivity index (χ3n) is 4.61. The summed E-state index contributed by atoms with van der Waals surface area (Å²) in [7, 11) is 0. The van der Waals surface area contributed by atoms with Crippen molar-refractivity contribution in [1.82, 2.24) is 4.98 Å². The van der Waals surface area contributed by atoms with Crippen molar-refractivity contribution in [3.8, 4) is 21.8 Å².